The van der Waals surface area contributed by atoms with Gasteiger partial charge in [-0.05, 0) is 18.3 Å². The Morgan fingerprint density at radius 2 is 1.81 bits per heavy atom. The van der Waals surface area contributed by atoms with Gasteiger partial charge in [0.05, 0.1) is 6.54 Å². The first kappa shape index (κ1) is 16.2. The third-order valence-corrected chi connectivity index (χ3v) is 4.45. The maximum absolute atomic E-state index is 12.9. The van der Waals surface area contributed by atoms with Crippen molar-refractivity contribution in [2.24, 2.45) is 5.41 Å². The minimum Gasteiger partial charge on any atom is -0.340 e. The molecule has 2 fully saturated rings. The summed E-state index contributed by atoms with van der Waals surface area (Å²) in [5, 5.41) is 2.87. The van der Waals surface area contributed by atoms with E-state index in [4.69, 9.17) is 0 Å². The van der Waals surface area contributed by atoms with Gasteiger partial charge in [-0.25, -0.2) is 8.78 Å². The van der Waals surface area contributed by atoms with Gasteiger partial charge < -0.3 is 10.2 Å². The molecule has 0 bridgehead atoms. The molecular formula is C15H24F2N2O2. The molecule has 0 aromatic carbocycles. The molecule has 2 rings (SSSR count). The van der Waals surface area contributed by atoms with Crippen LogP contribution in [0.2, 0.25) is 0 Å². The van der Waals surface area contributed by atoms with E-state index in [2.05, 4.69) is 5.32 Å². The molecule has 1 unspecified atom stereocenters. The molecular weight excluding hydrogens is 278 g/mol. The average molecular weight is 302 g/mol. The fourth-order valence-electron chi connectivity index (χ4n) is 3.58. The number of carbonyl (C=O) groups is 2. The Morgan fingerprint density at radius 3 is 2.29 bits per heavy atom. The van der Waals surface area contributed by atoms with Gasteiger partial charge in [0, 0.05) is 0 Å². The van der Waals surface area contributed by atoms with Gasteiger partial charge in [0.2, 0.25) is 11.8 Å². The Morgan fingerprint density at radius 1 is 1.24 bits per heavy atom. The minimum absolute atomic E-state index is 0.301. The molecule has 0 radical (unpaired) electrons. The van der Waals surface area contributed by atoms with Gasteiger partial charge in [-0.2, -0.15) is 0 Å². The molecule has 1 aliphatic heterocycles. The lowest BCUT2D eigenvalue weighted by Gasteiger charge is -2.50. The molecule has 2 amide bonds. The van der Waals surface area contributed by atoms with Crippen LogP contribution in [0, 0.1) is 5.41 Å². The van der Waals surface area contributed by atoms with Crippen LogP contribution in [0.15, 0.2) is 0 Å². The van der Waals surface area contributed by atoms with E-state index in [1.807, 2.05) is 0 Å². The number of carbonyl (C=O) groups excluding carboxylic acids is 2. The summed E-state index contributed by atoms with van der Waals surface area (Å²) in [4.78, 5) is 26.4. The fraction of sp³-hybridized carbons (Fsp3) is 0.867. The highest BCUT2D eigenvalue weighted by Crippen LogP contribution is 2.37. The smallest absolute Gasteiger partial charge is 0.255 e. The molecule has 0 aromatic rings. The van der Waals surface area contributed by atoms with E-state index in [1.165, 1.54) is 0 Å². The first-order chi connectivity index (χ1) is 9.67. The van der Waals surface area contributed by atoms with Gasteiger partial charge in [-0.15, -0.1) is 0 Å². The molecule has 4 nitrogen and oxygen atoms in total. The third kappa shape index (κ3) is 3.04. The standard InChI is InChI=1S/C15H24F2N2O2/c1-14(2,3)11-12(20)18-15(7-5-4-6-8-15)13(21)19(11)9-10(16)17/h10-11H,4-9H2,1-3H3,(H,18,20). The number of nitrogens with one attached hydrogen (secondary N) is 1. The summed E-state index contributed by atoms with van der Waals surface area (Å²) in [6.07, 6.45) is 1.17. The van der Waals surface area contributed by atoms with Crippen molar-refractivity contribution < 1.29 is 18.4 Å². The lowest BCUT2D eigenvalue weighted by Crippen LogP contribution is -2.73. The number of hydrogen-bond donors (Lipinski definition) is 1. The van der Waals surface area contributed by atoms with Crippen molar-refractivity contribution in [1.29, 1.82) is 0 Å². The summed E-state index contributed by atoms with van der Waals surface area (Å²) in [7, 11) is 0. The van der Waals surface area contributed by atoms with Crippen molar-refractivity contribution in [3.05, 3.63) is 0 Å². The van der Waals surface area contributed by atoms with E-state index in [-0.39, 0.29) is 11.8 Å². The lowest BCUT2D eigenvalue weighted by molar-refractivity contribution is -0.163. The van der Waals surface area contributed by atoms with E-state index < -0.39 is 30.0 Å². The van der Waals surface area contributed by atoms with E-state index in [1.54, 1.807) is 20.8 Å². The molecule has 21 heavy (non-hydrogen) atoms. The van der Waals surface area contributed by atoms with Crippen LogP contribution >= 0.6 is 0 Å². The largest absolute Gasteiger partial charge is 0.340 e. The first-order valence-electron chi connectivity index (χ1n) is 7.59. The van der Waals surface area contributed by atoms with Gasteiger partial charge in [-0.3, -0.25) is 9.59 Å². The van der Waals surface area contributed by atoms with Crippen LogP contribution in [-0.2, 0) is 9.59 Å². The molecule has 1 atom stereocenters. The van der Waals surface area contributed by atoms with E-state index >= 15 is 0 Å². The second-order valence-corrected chi connectivity index (χ2v) is 7.25. The zero-order valence-electron chi connectivity index (χ0n) is 12.9. The fourth-order valence-corrected chi connectivity index (χ4v) is 3.58. The summed E-state index contributed by atoms with van der Waals surface area (Å²) in [5.74, 6) is -0.633. The predicted octanol–water partition coefficient (Wildman–Crippen LogP) is 2.33. The van der Waals surface area contributed by atoms with Crippen LogP contribution in [0.4, 0.5) is 8.78 Å². The average Bonchev–Trinajstić information content (AvgIpc) is 2.34. The molecule has 1 saturated heterocycles. The number of hydrogen-bond acceptors (Lipinski definition) is 2. The monoisotopic (exact) mass is 302 g/mol. The van der Waals surface area contributed by atoms with Crippen molar-refractivity contribution in [3.63, 3.8) is 0 Å². The van der Waals surface area contributed by atoms with Crippen LogP contribution in [0.25, 0.3) is 0 Å². The first-order valence-corrected chi connectivity index (χ1v) is 7.59. The number of amides is 2. The number of piperazine rings is 1. The van der Waals surface area contributed by atoms with Gasteiger partial charge in [-0.1, -0.05) is 40.0 Å². The third-order valence-electron chi connectivity index (χ3n) is 4.45. The molecule has 1 N–H and O–H groups in total. The highest BCUT2D eigenvalue weighted by Gasteiger charge is 2.54. The quantitative estimate of drug-likeness (QED) is 0.851. The SMILES string of the molecule is CC(C)(C)C1C(=O)NC2(CCCCC2)C(=O)N1CC(F)F. The molecule has 0 aromatic heterocycles. The number of alkyl halides is 2. The van der Waals surface area contributed by atoms with Crippen molar-refractivity contribution >= 4 is 11.8 Å². The van der Waals surface area contributed by atoms with E-state index in [0.717, 1.165) is 24.2 Å². The molecule has 6 heteroatoms. The van der Waals surface area contributed by atoms with Crippen LogP contribution in [0.3, 0.4) is 0 Å². The predicted molar refractivity (Wildman–Crippen MR) is 74.9 cm³/mol. The lowest BCUT2D eigenvalue weighted by atomic mass is 9.75. The second-order valence-electron chi connectivity index (χ2n) is 7.25. The summed E-state index contributed by atoms with van der Waals surface area (Å²) >= 11 is 0. The van der Waals surface area contributed by atoms with Crippen LogP contribution < -0.4 is 5.32 Å². The van der Waals surface area contributed by atoms with Crippen molar-refractivity contribution in [3.8, 4) is 0 Å². The molecule has 1 heterocycles. The zero-order valence-corrected chi connectivity index (χ0v) is 12.9. The van der Waals surface area contributed by atoms with Crippen molar-refractivity contribution in [2.75, 3.05) is 6.54 Å². The minimum atomic E-state index is -2.63. The normalized spacial score (nSPS) is 26.4. The highest BCUT2D eigenvalue weighted by atomic mass is 19.3. The summed E-state index contributed by atoms with van der Waals surface area (Å²) in [6.45, 7) is 4.71. The van der Waals surface area contributed by atoms with Crippen LogP contribution in [-0.4, -0.2) is 41.3 Å². The van der Waals surface area contributed by atoms with Crippen molar-refractivity contribution in [1.82, 2.24) is 10.2 Å². The second kappa shape index (κ2) is 5.54. The Hall–Kier alpha value is -1.20. The Labute approximate surface area is 124 Å². The molecule has 120 valence electrons. The summed E-state index contributed by atoms with van der Waals surface area (Å²) in [6, 6.07) is -0.841. The maximum Gasteiger partial charge on any atom is 0.255 e. The molecule has 1 aliphatic carbocycles. The van der Waals surface area contributed by atoms with Gasteiger partial charge >= 0.3 is 0 Å². The number of rotatable bonds is 2. The Kier molecular flexibility index (Phi) is 4.26. The summed E-state index contributed by atoms with van der Waals surface area (Å²) in [5.41, 5.74) is -1.53. The van der Waals surface area contributed by atoms with Gasteiger partial charge in [0.1, 0.15) is 11.6 Å². The molecule has 2 aliphatic rings. The van der Waals surface area contributed by atoms with Crippen LogP contribution in [0.1, 0.15) is 52.9 Å². The van der Waals surface area contributed by atoms with Crippen LogP contribution in [0.5, 0.6) is 0 Å². The highest BCUT2D eigenvalue weighted by molar-refractivity contribution is 6.00. The van der Waals surface area contributed by atoms with E-state index in [0.29, 0.717) is 12.8 Å². The molecule has 1 spiro atoms. The van der Waals surface area contributed by atoms with Crippen molar-refractivity contribution in [2.45, 2.75) is 70.9 Å². The summed E-state index contributed by atoms with van der Waals surface area (Å²) < 4.78 is 25.8. The van der Waals surface area contributed by atoms with Gasteiger partial charge in [0.25, 0.3) is 6.43 Å². The Bertz CT molecular complexity index is 426. The number of halogens is 2. The Balaban J connectivity index is 2.35. The topological polar surface area (TPSA) is 49.4 Å². The molecule has 1 saturated carbocycles. The van der Waals surface area contributed by atoms with E-state index in [9.17, 15) is 18.4 Å². The van der Waals surface area contributed by atoms with Gasteiger partial charge in [0.15, 0.2) is 0 Å². The number of nitrogens with zero attached hydrogens (tertiary/aromatic N) is 1. The maximum atomic E-state index is 12.9. The zero-order chi connectivity index (χ0) is 15.8.